The molecule has 0 N–H and O–H groups in total. The lowest BCUT2D eigenvalue weighted by Gasteiger charge is -2.23. The van der Waals surface area contributed by atoms with Gasteiger partial charge in [-0.1, -0.05) is 176 Å². The Labute approximate surface area is 389 Å². The minimum absolute atomic E-state index is 0.102. The van der Waals surface area contributed by atoms with Crippen LogP contribution in [0.1, 0.15) is 59.7 Å². The van der Waals surface area contributed by atoms with Gasteiger partial charge in [0.25, 0.3) is 0 Å². The summed E-state index contributed by atoms with van der Waals surface area (Å²) in [4.78, 5) is 0. The van der Waals surface area contributed by atoms with Gasteiger partial charge in [0, 0.05) is 42.0 Å². The second-order valence-corrected chi connectivity index (χ2v) is 19.4. The van der Waals surface area contributed by atoms with Crippen molar-refractivity contribution < 1.29 is 0 Å². The highest BCUT2D eigenvalue weighted by molar-refractivity contribution is 7.25. The summed E-state index contributed by atoms with van der Waals surface area (Å²) < 4.78 is 5.11. The molecule has 2 heterocycles. The standard InChI is InChI=1S/C27H23N.C19H14S.C17H20/c1-18-7-10-21(11-8-18)22-12-14-27-25(17-22)24-16-20(3)9-13-26(24)28(27)23-6-4-5-19(2)15-23;1-13-6-8-14(9-7-13)15-10-11-19-17(12-15)16-4-2-3-5-18(16)20-19;1-6-7-8-15-13(3)14-10-9-12(2)11-16(14)17(15,4)5/h4-17H,1-3H3;2-12H,1H3;6-11H,1H2,2-5H3/b;;8-7-. The molecular formula is C63H57NS. The molecule has 2 aromatic heterocycles. The predicted molar refractivity (Wildman–Crippen MR) is 286 cm³/mol. The van der Waals surface area contributed by atoms with Crippen molar-refractivity contribution in [2.75, 3.05) is 0 Å². The van der Waals surface area contributed by atoms with Crippen LogP contribution in [-0.2, 0) is 5.41 Å². The van der Waals surface area contributed by atoms with Gasteiger partial charge < -0.3 is 4.57 Å². The number of aromatic nitrogens is 1. The minimum atomic E-state index is 0.102. The number of hydrogen-bond acceptors (Lipinski definition) is 1. The highest BCUT2D eigenvalue weighted by atomic mass is 32.1. The SMILES string of the molecule is C=C/C=C\C1=C(C)c2ccc(C)cc2C1(C)C.Cc1ccc(-c2ccc3c(c2)c2cc(C)ccc2n3-c2cccc(C)c2)cc1.Cc1ccc(-c2ccc3sc4ccccc4c3c2)cc1. The van der Waals surface area contributed by atoms with Crippen molar-refractivity contribution >= 4 is 58.9 Å². The largest absolute Gasteiger partial charge is 0.309 e. The van der Waals surface area contributed by atoms with Gasteiger partial charge in [0.2, 0.25) is 0 Å². The second-order valence-electron chi connectivity index (χ2n) is 18.3. The first-order valence-electron chi connectivity index (χ1n) is 22.7. The molecular weight excluding hydrogens is 803 g/mol. The van der Waals surface area contributed by atoms with Gasteiger partial charge in [-0.25, -0.2) is 0 Å². The molecule has 8 aromatic carbocycles. The summed E-state index contributed by atoms with van der Waals surface area (Å²) in [7, 11) is 0. The second kappa shape index (κ2) is 17.9. The van der Waals surface area contributed by atoms with Crippen LogP contribution in [-0.4, -0.2) is 4.57 Å². The van der Waals surface area contributed by atoms with Crippen molar-refractivity contribution in [3.05, 3.63) is 239 Å². The average molecular weight is 860 g/mol. The van der Waals surface area contributed by atoms with E-state index in [-0.39, 0.29) is 5.41 Å². The van der Waals surface area contributed by atoms with Crippen molar-refractivity contribution in [1.82, 2.24) is 4.57 Å². The normalized spacial score (nSPS) is 13.0. The zero-order valence-electron chi connectivity index (χ0n) is 39.0. The number of thiophene rings is 1. The first kappa shape index (κ1) is 43.3. The first-order chi connectivity index (χ1) is 31.4. The molecule has 1 aliphatic rings. The van der Waals surface area contributed by atoms with Crippen LogP contribution in [0.3, 0.4) is 0 Å². The Bertz CT molecular complexity index is 3450. The summed E-state index contributed by atoms with van der Waals surface area (Å²) in [5.41, 5.74) is 21.0. The molecule has 1 aliphatic carbocycles. The topological polar surface area (TPSA) is 4.93 Å². The van der Waals surface area contributed by atoms with E-state index in [0.29, 0.717) is 0 Å². The minimum Gasteiger partial charge on any atom is -0.309 e. The lowest BCUT2D eigenvalue weighted by atomic mass is 9.80. The molecule has 0 saturated carbocycles. The van der Waals surface area contributed by atoms with Crippen LogP contribution < -0.4 is 0 Å². The van der Waals surface area contributed by atoms with Gasteiger partial charge >= 0.3 is 0 Å². The molecule has 0 amide bonds. The van der Waals surface area contributed by atoms with Gasteiger partial charge in [0.05, 0.1) is 11.0 Å². The van der Waals surface area contributed by atoms with E-state index in [2.05, 4.69) is 242 Å². The van der Waals surface area contributed by atoms with Gasteiger partial charge in [-0.3, -0.25) is 0 Å². The lowest BCUT2D eigenvalue weighted by Crippen LogP contribution is -2.16. The monoisotopic (exact) mass is 859 g/mol. The number of allylic oxidation sites excluding steroid dienone is 5. The molecule has 65 heavy (non-hydrogen) atoms. The molecule has 2 heteroatoms. The number of nitrogens with zero attached hydrogens (tertiary/aromatic N) is 1. The van der Waals surface area contributed by atoms with Gasteiger partial charge in [0.15, 0.2) is 0 Å². The number of rotatable bonds is 5. The predicted octanol–water partition coefficient (Wildman–Crippen LogP) is 18.2. The third kappa shape index (κ3) is 8.55. The molecule has 320 valence electrons. The molecule has 0 fully saturated rings. The third-order valence-corrected chi connectivity index (χ3v) is 14.2. The molecule has 1 nitrogen and oxygen atoms in total. The van der Waals surface area contributed by atoms with Crippen LogP contribution in [0.5, 0.6) is 0 Å². The summed E-state index contributed by atoms with van der Waals surface area (Å²) in [6.45, 7) is 21.3. The van der Waals surface area contributed by atoms with Gasteiger partial charge in [-0.05, 0) is 146 Å². The fourth-order valence-electron chi connectivity index (χ4n) is 9.52. The Kier molecular flexibility index (Phi) is 11.9. The highest BCUT2D eigenvalue weighted by Gasteiger charge is 2.34. The Hall–Kier alpha value is -7.00. The van der Waals surface area contributed by atoms with E-state index >= 15 is 0 Å². The fourth-order valence-corrected chi connectivity index (χ4v) is 10.6. The summed E-state index contributed by atoms with van der Waals surface area (Å²) in [5, 5.41) is 5.34. The van der Waals surface area contributed by atoms with Crippen LogP contribution in [0.25, 0.3) is 75.5 Å². The van der Waals surface area contributed by atoms with Crippen LogP contribution in [0.2, 0.25) is 0 Å². The highest BCUT2D eigenvalue weighted by Crippen LogP contribution is 2.47. The maximum absolute atomic E-state index is 3.75. The van der Waals surface area contributed by atoms with Crippen molar-refractivity contribution in [2.24, 2.45) is 0 Å². The Morgan fingerprint density at radius 3 is 1.68 bits per heavy atom. The summed E-state index contributed by atoms with van der Waals surface area (Å²) in [6, 6.07) is 62.1. The molecule has 0 radical (unpaired) electrons. The number of benzene rings is 8. The fraction of sp³-hybridized carbons (Fsp3) is 0.143. The Morgan fingerprint density at radius 1 is 0.462 bits per heavy atom. The molecule has 10 aromatic rings. The molecule has 0 unspecified atom stereocenters. The maximum Gasteiger partial charge on any atom is 0.0541 e. The average Bonchev–Trinajstić information content (AvgIpc) is 3.90. The third-order valence-electron chi connectivity index (χ3n) is 13.1. The molecule has 0 aliphatic heterocycles. The summed E-state index contributed by atoms with van der Waals surface area (Å²) in [6.07, 6.45) is 6.06. The van der Waals surface area contributed by atoms with Crippen molar-refractivity contribution in [3.8, 4) is 27.9 Å². The number of fused-ring (bicyclic) bond motifs is 7. The van der Waals surface area contributed by atoms with E-state index in [1.54, 1.807) is 0 Å². The molecule has 0 spiro atoms. The molecule has 0 bridgehead atoms. The zero-order chi connectivity index (χ0) is 45.4. The molecule has 0 atom stereocenters. The van der Waals surface area contributed by atoms with Crippen LogP contribution in [0.4, 0.5) is 0 Å². The van der Waals surface area contributed by atoms with Crippen LogP contribution >= 0.6 is 11.3 Å². The van der Waals surface area contributed by atoms with E-state index in [1.807, 2.05) is 23.5 Å². The van der Waals surface area contributed by atoms with Crippen LogP contribution in [0.15, 0.2) is 200 Å². The van der Waals surface area contributed by atoms with E-state index in [1.165, 1.54) is 120 Å². The molecule has 0 saturated heterocycles. The quantitative estimate of drug-likeness (QED) is 0.152. The van der Waals surface area contributed by atoms with Crippen molar-refractivity contribution in [1.29, 1.82) is 0 Å². The van der Waals surface area contributed by atoms with Gasteiger partial charge in [-0.15, -0.1) is 11.3 Å². The summed E-state index contributed by atoms with van der Waals surface area (Å²) >= 11 is 1.87. The number of aryl methyl sites for hydroxylation is 5. The van der Waals surface area contributed by atoms with E-state index in [0.717, 1.165) is 0 Å². The van der Waals surface area contributed by atoms with E-state index < -0.39 is 0 Å². The Morgan fingerprint density at radius 2 is 1.00 bits per heavy atom. The summed E-state index contributed by atoms with van der Waals surface area (Å²) in [5.74, 6) is 0. The van der Waals surface area contributed by atoms with Gasteiger partial charge in [-0.2, -0.15) is 0 Å². The smallest absolute Gasteiger partial charge is 0.0541 e. The van der Waals surface area contributed by atoms with Crippen molar-refractivity contribution in [3.63, 3.8) is 0 Å². The van der Waals surface area contributed by atoms with E-state index in [9.17, 15) is 0 Å². The maximum atomic E-state index is 3.75. The van der Waals surface area contributed by atoms with Crippen molar-refractivity contribution in [2.45, 2.75) is 60.8 Å². The van der Waals surface area contributed by atoms with Gasteiger partial charge in [0.1, 0.15) is 0 Å². The Balaban J connectivity index is 0.000000128. The lowest BCUT2D eigenvalue weighted by molar-refractivity contribution is 0.653. The first-order valence-corrected chi connectivity index (χ1v) is 23.5. The zero-order valence-corrected chi connectivity index (χ0v) is 39.8. The van der Waals surface area contributed by atoms with E-state index in [4.69, 9.17) is 0 Å². The molecule has 11 rings (SSSR count). The van der Waals surface area contributed by atoms with Crippen LogP contribution in [0, 0.1) is 34.6 Å². The number of hydrogen-bond donors (Lipinski definition) is 0.